The van der Waals surface area contributed by atoms with Crippen LogP contribution >= 0.6 is 15.6 Å². The van der Waals surface area contributed by atoms with Gasteiger partial charge in [-0.25, -0.2) is 9.13 Å². The molecule has 3 N–H and O–H groups in total. The van der Waals surface area contributed by atoms with Crippen molar-refractivity contribution in [3.63, 3.8) is 0 Å². The number of aliphatic hydroxyl groups excluding tert-OH is 1. The van der Waals surface area contributed by atoms with E-state index in [1.165, 1.54) is 199 Å². The Balaban J connectivity index is 5.29. The predicted molar refractivity (Wildman–Crippen MR) is 418 cm³/mol. The minimum Gasteiger partial charge on any atom is -0.462 e. The quantitative estimate of drug-likeness (QED) is 0.0169. The van der Waals surface area contributed by atoms with Gasteiger partial charge in [-0.05, 0) is 69.1 Å². The van der Waals surface area contributed by atoms with Gasteiger partial charge in [0.15, 0.2) is 12.2 Å². The van der Waals surface area contributed by atoms with Crippen molar-refractivity contribution in [1.29, 1.82) is 0 Å². The molecule has 0 saturated carbocycles. The lowest BCUT2D eigenvalue weighted by Crippen LogP contribution is -2.30. The standard InChI is InChI=1S/C83H158O17P2/c1-8-10-11-12-13-14-15-16-18-26-31-36-45-52-59-66-83(88)100-79(71-94-81(86)65-58-51-44-39-38-41-48-55-62-75(5)6)73-98-102(91,92)96-69-77(84)68-95-101(89,90)97-72-78(99-82(87)67-60-53-46-37-32-27-20-17-19-23-28-33-40-47-54-61-74(3)4)70-93-80(85)64-57-50-43-35-30-25-22-21-24-29-34-42-49-56-63-76(7)9-2/h14-16,18,74-79,84H,8-13,17,19-73H2,1-7H3,(H,89,90)(H,91,92)/b15-14-,18-16-/t76?,77-,78-,79-/m1/s1. The number of carbonyl (C=O) groups excluding carboxylic acids is 4. The average Bonchev–Trinajstić information content (AvgIpc) is 0.910. The van der Waals surface area contributed by atoms with Gasteiger partial charge in [-0.2, -0.15) is 0 Å². The molecule has 0 aliphatic carbocycles. The number of allylic oxidation sites excluding steroid dienone is 4. The van der Waals surface area contributed by atoms with Gasteiger partial charge in [0.1, 0.15) is 19.3 Å². The molecule has 0 aliphatic heterocycles. The first-order chi connectivity index (χ1) is 49.3. The number of aliphatic hydroxyl groups is 1. The van der Waals surface area contributed by atoms with Gasteiger partial charge < -0.3 is 33.8 Å². The van der Waals surface area contributed by atoms with Crippen LogP contribution in [0.15, 0.2) is 24.3 Å². The van der Waals surface area contributed by atoms with Gasteiger partial charge in [-0.1, -0.05) is 355 Å². The number of hydrogen-bond donors (Lipinski definition) is 3. The van der Waals surface area contributed by atoms with E-state index in [1.54, 1.807) is 0 Å². The van der Waals surface area contributed by atoms with Gasteiger partial charge in [0.2, 0.25) is 0 Å². The lowest BCUT2D eigenvalue weighted by atomic mass is 9.99. The van der Waals surface area contributed by atoms with Gasteiger partial charge in [0, 0.05) is 25.7 Å². The molecule has 0 aromatic carbocycles. The fourth-order valence-electron chi connectivity index (χ4n) is 12.3. The van der Waals surface area contributed by atoms with E-state index in [1.807, 2.05) is 0 Å². The summed E-state index contributed by atoms with van der Waals surface area (Å²) in [4.78, 5) is 73.1. The maximum Gasteiger partial charge on any atom is 0.472 e. The number of phosphoric ester groups is 2. The molecule has 0 heterocycles. The highest BCUT2D eigenvalue weighted by Gasteiger charge is 2.30. The molecule has 17 nitrogen and oxygen atoms in total. The lowest BCUT2D eigenvalue weighted by Gasteiger charge is -2.21. The molecule has 0 rings (SSSR count). The molecule has 0 bridgehead atoms. The predicted octanol–water partition coefficient (Wildman–Crippen LogP) is 24.5. The molecule has 0 radical (unpaired) electrons. The molecule has 0 aromatic rings. The molecule has 0 aromatic heterocycles. The maximum absolute atomic E-state index is 13.1. The maximum atomic E-state index is 13.1. The second-order valence-electron chi connectivity index (χ2n) is 30.4. The Kier molecular flexibility index (Phi) is 71.0. The number of carbonyl (C=O) groups is 4. The number of phosphoric acid groups is 2. The fraction of sp³-hybridized carbons (Fsp3) is 0.904. The zero-order valence-corrected chi connectivity index (χ0v) is 68.4. The van der Waals surface area contributed by atoms with Crippen LogP contribution in [0.5, 0.6) is 0 Å². The van der Waals surface area contributed by atoms with E-state index in [0.29, 0.717) is 25.7 Å². The fourth-order valence-corrected chi connectivity index (χ4v) is 13.8. The summed E-state index contributed by atoms with van der Waals surface area (Å²) < 4.78 is 68.7. The Bertz CT molecular complexity index is 2070. The molecular weight excluding hydrogens is 1330 g/mol. The van der Waals surface area contributed by atoms with Crippen molar-refractivity contribution in [1.82, 2.24) is 0 Å². The molecular formula is C83H158O17P2. The van der Waals surface area contributed by atoms with Crippen molar-refractivity contribution in [2.24, 2.45) is 17.8 Å². The van der Waals surface area contributed by atoms with E-state index in [-0.39, 0.29) is 25.7 Å². The van der Waals surface area contributed by atoms with Crippen LogP contribution in [0.1, 0.15) is 408 Å². The molecule has 0 amide bonds. The third-order valence-corrected chi connectivity index (χ3v) is 21.0. The first-order valence-corrected chi connectivity index (χ1v) is 45.2. The van der Waals surface area contributed by atoms with Crippen LogP contribution in [0, 0.1) is 17.8 Å². The molecule has 0 aliphatic rings. The average molecular weight is 1490 g/mol. The molecule has 602 valence electrons. The number of unbranched alkanes of at least 4 members (excludes halogenated alkanes) is 43. The van der Waals surface area contributed by atoms with Gasteiger partial charge in [0.25, 0.3) is 0 Å². The minimum atomic E-state index is -4.97. The summed E-state index contributed by atoms with van der Waals surface area (Å²) in [6.07, 6.45) is 64.6. The molecule has 102 heavy (non-hydrogen) atoms. The summed E-state index contributed by atoms with van der Waals surface area (Å²) in [6, 6.07) is 0. The van der Waals surface area contributed by atoms with E-state index >= 15 is 0 Å². The third-order valence-electron chi connectivity index (χ3n) is 19.1. The van der Waals surface area contributed by atoms with Crippen molar-refractivity contribution >= 4 is 39.5 Å². The Hall–Kier alpha value is -2.46. The van der Waals surface area contributed by atoms with Crippen LogP contribution in [-0.4, -0.2) is 96.7 Å². The second-order valence-corrected chi connectivity index (χ2v) is 33.3. The summed E-state index contributed by atoms with van der Waals surface area (Å²) in [5.74, 6) is 0.234. The monoisotopic (exact) mass is 1490 g/mol. The molecule has 6 atom stereocenters. The summed E-state index contributed by atoms with van der Waals surface area (Å²) in [5, 5.41) is 10.7. The molecule has 19 heteroatoms. The van der Waals surface area contributed by atoms with E-state index in [4.69, 9.17) is 37.0 Å². The summed E-state index contributed by atoms with van der Waals surface area (Å²) >= 11 is 0. The Morgan fingerprint density at radius 1 is 0.324 bits per heavy atom. The Morgan fingerprint density at radius 3 is 0.873 bits per heavy atom. The molecule has 0 spiro atoms. The Morgan fingerprint density at radius 2 is 0.578 bits per heavy atom. The van der Waals surface area contributed by atoms with Gasteiger partial charge in [-0.3, -0.25) is 37.3 Å². The minimum absolute atomic E-state index is 0.0844. The zero-order chi connectivity index (χ0) is 75.1. The summed E-state index contributed by atoms with van der Waals surface area (Å²) in [6.45, 7) is 11.9. The van der Waals surface area contributed by atoms with Crippen molar-refractivity contribution in [3.8, 4) is 0 Å². The number of rotatable bonds is 79. The van der Waals surface area contributed by atoms with E-state index in [9.17, 15) is 43.2 Å². The van der Waals surface area contributed by atoms with Crippen LogP contribution in [-0.2, 0) is 65.4 Å². The topological polar surface area (TPSA) is 237 Å². The van der Waals surface area contributed by atoms with Gasteiger partial charge >= 0.3 is 39.5 Å². The summed E-state index contributed by atoms with van der Waals surface area (Å²) in [5.41, 5.74) is 0. The van der Waals surface area contributed by atoms with Crippen LogP contribution in [0.3, 0.4) is 0 Å². The summed E-state index contributed by atoms with van der Waals surface area (Å²) in [7, 11) is -9.94. The number of ether oxygens (including phenoxy) is 4. The van der Waals surface area contributed by atoms with Crippen molar-refractivity contribution < 1.29 is 80.2 Å². The molecule has 3 unspecified atom stereocenters. The largest absolute Gasteiger partial charge is 0.472 e. The van der Waals surface area contributed by atoms with Crippen LogP contribution in [0.25, 0.3) is 0 Å². The molecule has 0 fully saturated rings. The third kappa shape index (κ3) is 74.4. The van der Waals surface area contributed by atoms with Gasteiger partial charge in [-0.15, -0.1) is 0 Å². The first-order valence-electron chi connectivity index (χ1n) is 42.2. The highest BCUT2D eigenvalue weighted by Crippen LogP contribution is 2.45. The van der Waals surface area contributed by atoms with E-state index in [0.717, 1.165) is 127 Å². The highest BCUT2D eigenvalue weighted by molar-refractivity contribution is 7.47. The van der Waals surface area contributed by atoms with Crippen molar-refractivity contribution in [3.05, 3.63) is 24.3 Å². The smallest absolute Gasteiger partial charge is 0.462 e. The van der Waals surface area contributed by atoms with Gasteiger partial charge in [0.05, 0.1) is 26.4 Å². The number of hydrogen-bond acceptors (Lipinski definition) is 15. The lowest BCUT2D eigenvalue weighted by molar-refractivity contribution is -0.161. The SMILES string of the molecule is CCCCCC/C=C\C=C/CCCCCCCC(=O)O[C@H](COC(=O)CCCCCCCCCCC(C)C)COP(=O)(O)OC[C@H](O)COP(=O)(O)OC[C@@H](COC(=O)CCCCCCCCCCCCCCCCC(C)CC)OC(=O)CCCCCCCCCCCCCCCCCC(C)C. The van der Waals surface area contributed by atoms with Crippen LogP contribution in [0.4, 0.5) is 0 Å². The highest BCUT2D eigenvalue weighted by atomic mass is 31.2. The second kappa shape index (κ2) is 72.7. The number of esters is 4. The normalized spacial score (nSPS) is 14.4. The Labute approximate surface area is 624 Å². The van der Waals surface area contributed by atoms with E-state index in [2.05, 4.69) is 72.8 Å². The van der Waals surface area contributed by atoms with Crippen molar-refractivity contribution in [2.75, 3.05) is 39.6 Å². The first kappa shape index (κ1) is 99.5. The van der Waals surface area contributed by atoms with Crippen LogP contribution in [0.2, 0.25) is 0 Å². The van der Waals surface area contributed by atoms with Crippen molar-refractivity contribution in [2.45, 2.75) is 426 Å². The van der Waals surface area contributed by atoms with E-state index < -0.39 is 97.5 Å². The zero-order valence-electron chi connectivity index (χ0n) is 66.6. The van der Waals surface area contributed by atoms with Crippen LogP contribution < -0.4 is 0 Å². The molecule has 0 saturated heterocycles.